The third kappa shape index (κ3) is 7.53. The lowest BCUT2D eigenvalue weighted by Gasteiger charge is -2.34. The number of hydrogen-bond acceptors (Lipinski definition) is 7. The molecule has 3 aromatic rings. The van der Waals surface area contributed by atoms with Gasteiger partial charge >= 0.3 is 5.69 Å². The number of nitro benzene ring substituents is 1. The summed E-state index contributed by atoms with van der Waals surface area (Å²) in [6, 6.07) is 14.6. The Hall–Kier alpha value is -3.43. The van der Waals surface area contributed by atoms with E-state index in [0.29, 0.717) is 6.61 Å². The Kier molecular flexibility index (Phi) is 9.08. The van der Waals surface area contributed by atoms with Gasteiger partial charge in [-0.15, -0.1) is 0 Å². The molecule has 186 valence electrons. The number of aromatic nitrogens is 2. The lowest BCUT2D eigenvalue weighted by molar-refractivity contribution is -0.387. The molecule has 4 rings (SSSR count). The third-order valence-corrected chi connectivity index (χ3v) is 6.21. The van der Waals surface area contributed by atoms with Crippen LogP contribution in [-0.2, 0) is 13.2 Å². The smallest absolute Gasteiger partial charge is 0.352 e. The second-order valence-corrected chi connectivity index (χ2v) is 8.67. The van der Waals surface area contributed by atoms with Gasteiger partial charge in [0, 0.05) is 51.7 Å². The molecule has 1 aliphatic rings. The van der Waals surface area contributed by atoms with Crippen molar-refractivity contribution >= 4 is 5.69 Å². The van der Waals surface area contributed by atoms with Crippen LogP contribution in [0.15, 0.2) is 67.3 Å². The van der Waals surface area contributed by atoms with Crippen molar-refractivity contribution in [1.82, 2.24) is 19.4 Å². The number of ether oxygens (including phenoxy) is 2. The average molecular weight is 480 g/mol. The van der Waals surface area contributed by atoms with Gasteiger partial charge in [-0.25, -0.2) is 4.98 Å². The number of nitrogens with zero attached hydrogens (tertiary/aromatic N) is 5. The van der Waals surface area contributed by atoms with Crippen LogP contribution in [0.4, 0.5) is 5.69 Å². The summed E-state index contributed by atoms with van der Waals surface area (Å²) in [5, 5.41) is 11.7. The lowest BCUT2D eigenvalue weighted by atomic mass is 10.2. The van der Waals surface area contributed by atoms with Crippen LogP contribution >= 0.6 is 0 Å². The highest BCUT2D eigenvalue weighted by molar-refractivity contribution is 5.57. The van der Waals surface area contributed by atoms with Crippen molar-refractivity contribution in [3.63, 3.8) is 0 Å². The second-order valence-electron chi connectivity index (χ2n) is 8.67. The van der Waals surface area contributed by atoms with Crippen LogP contribution in [0.25, 0.3) is 0 Å². The van der Waals surface area contributed by atoms with E-state index in [4.69, 9.17) is 9.47 Å². The monoisotopic (exact) mass is 479 g/mol. The van der Waals surface area contributed by atoms with Gasteiger partial charge < -0.3 is 18.9 Å². The van der Waals surface area contributed by atoms with Gasteiger partial charge in [-0.2, -0.15) is 0 Å². The molecule has 0 atom stereocenters. The number of rotatable bonds is 13. The lowest BCUT2D eigenvalue weighted by Crippen LogP contribution is -2.47. The Morgan fingerprint density at radius 1 is 0.857 bits per heavy atom. The summed E-state index contributed by atoms with van der Waals surface area (Å²) in [6.45, 7) is 8.03. The van der Waals surface area contributed by atoms with Crippen LogP contribution in [0, 0.1) is 10.1 Å². The highest BCUT2D eigenvalue weighted by atomic mass is 16.6. The first-order valence-electron chi connectivity index (χ1n) is 12.2. The van der Waals surface area contributed by atoms with E-state index in [-0.39, 0.29) is 23.8 Å². The van der Waals surface area contributed by atoms with Crippen molar-refractivity contribution in [3.05, 3.63) is 82.9 Å². The summed E-state index contributed by atoms with van der Waals surface area (Å²) in [7, 11) is 0. The Bertz CT molecular complexity index is 1040. The minimum absolute atomic E-state index is 0.116. The van der Waals surface area contributed by atoms with Crippen molar-refractivity contribution < 1.29 is 14.4 Å². The SMILES string of the molecule is O=[N+]([O-])c1c(OCCCCN2CCN(CCn3ccnc3)CC2)cccc1OCc1ccccc1. The minimum Gasteiger partial charge on any atom is -0.487 e. The molecule has 0 unspecified atom stereocenters. The average Bonchev–Trinajstić information content (AvgIpc) is 3.41. The first-order valence-corrected chi connectivity index (χ1v) is 12.2. The molecule has 0 saturated carbocycles. The quantitative estimate of drug-likeness (QED) is 0.209. The molecule has 0 N–H and O–H groups in total. The van der Waals surface area contributed by atoms with Gasteiger partial charge in [0.15, 0.2) is 0 Å². The predicted molar refractivity (Wildman–Crippen MR) is 134 cm³/mol. The van der Waals surface area contributed by atoms with Crippen LogP contribution in [-0.4, -0.2) is 70.1 Å². The van der Waals surface area contributed by atoms with E-state index in [2.05, 4.69) is 19.4 Å². The van der Waals surface area contributed by atoms with E-state index < -0.39 is 4.92 Å². The summed E-state index contributed by atoms with van der Waals surface area (Å²) in [4.78, 5) is 20.4. The zero-order valence-corrected chi connectivity index (χ0v) is 20.0. The highest BCUT2D eigenvalue weighted by Gasteiger charge is 2.22. The van der Waals surface area contributed by atoms with Crippen molar-refractivity contribution in [2.45, 2.75) is 26.0 Å². The number of nitro groups is 1. The minimum atomic E-state index is -0.429. The fraction of sp³-hybridized carbons (Fsp3) is 0.423. The van der Waals surface area contributed by atoms with Gasteiger partial charge in [0.2, 0.25) is 11.5 Å². The summed E-state index contributed by atoms with van der Waals surface area (Å²) in [5.41, 5.74) is 0.836. The summed E-state index contributed by atoms with van der Waals surface area (Å²) >= 11 is 0. The van der Waals surface area contributed by atoms with Gasteiger partial charge in [0.25, 0.3) is 0 Å². The van der Waals surface area contributed by atoms with Crippen molar-refractivity contribution in [1.29, 1.82) is 0 Å². The predicted octanol–water partition coefficient (Wildman–Crippen LogP) is 3.85. The third-order valence-electron chi connectivity index (χ3n) is 6.21. The van der Waals surface area contributed by atoms with Crippen LogP contribution in [0.5, 0.6) is 11.5 Å². The Morgan fingerprint density at radius 2 is 1.57 bits per heavy atom. The van der Waals surface area contributed by atoms with Gasteiger partial charge in [0.05, 0.1) is 17.9 Å². The summed E-state index contributed by atoms with van der Waals surface area (Å²) in [5.74, 6) is 0.481. The largest absolute Gasteiger partial charge is 0.487 e. The van der Waals surface area contributed by atoms with Crippen LogP contribution in [0.1, 0.15) is 18.4 Å². The maximum atomic E-state index is 11.7. The first-order chi connectivity index (χ1) is 17.2. The molecule has 2 heterocycles. The molecular formula is C26H33N5O4. The number of hydrogen-bond donors (Lipinski definition) is 0. The van der Waals surface area contributed by atoms with E-state index in [1.165, 1.54) is 0 Å². The van der Waals surface area contributed by atoms with Gasteiger partial charge in [-0.3, -0.25) is 15.0 Å². The number of para-hydroxylation sites is 1. The molecule has 1 aliphatic heterocycles. The molecule has 2 aromatic carbocycles. The second kappa shape index (κ2) is 12.9. The number of piperazine rings is 1. The topological polar surface area (TPSA) is 85.9 Å². The van der Waals surface area contributed by atoms with E-state index in [9.17, 15) is 10.1 Å². The van der Waals surface area contributed by atoms with Crippen molar-refractivity contribution in [3.8, 4) is 11.5 Å². The first kappa shape index (κ1) is 24.7. The molecule has 1 aromatic heterocycles. The molecule has 1 fully saturated rings. The van der Waals surface area contributed by atoms with E-state index in [0.717, 1.165) is 64.2 Å². The van der Waals surface area contributed by atoms with Crippen LogP contribution in [0.3, 0.4) is 0 Å². The Morgan fingerprint density at radius 3 is 2.26 bits per heavy atom. The maximum absolute atomic E-state index is 11.7. The number of imidazole rings is 1. The number of unbranched alkanes of at least 4 members (excludes halogenated alkanes) is 1. The highest BCUT2D eigenvalue weighted by Crippen LogP contribution is 2.37. The molecule has 0 radical (unpaired) electrons. The normalized spacial score (nSPS) is 14.6. The van der Waals surface area contributed by atoms with Gasteiger partial charge in [0.1, 0.15) is 6.61 Å². The molecule has 0 spiro atoms. The molecule has 1 saturated heterocycles. The van der Waals surface area contributed by atoms with E-state index in [1.807, 2.05) is 49.1 Å². The number of benzene rings is 2. The molecule has 0 amide bonds. The molecule has 0 bridgehead atoms. The van der Waals surface area contributed by atoms with Gasteiger partial charge in [-0.1, -0.05) is 36.4 Å². The Labute approximate surface area is 206 Å². The zero-order valence-electron chi connectivity index (χ0n) is 20.0. The fourth-order valence-electron chi connectivity index (χ4n) is 4.18. The molecular weight excluding hydrogens is 446 g/mol. The van der Waals surface area contributed by atoms with E-state index in [1.54, 1.807) is 18.2 Å². The zero-order chi connectivity index (χ0) is 24.3. The molecule has 35 heavy (non-hydrogen) atoms. The molecule has 0 aliphatic carbocycles. The van der Waals surface area contributed by atoms with E-state index >= 15 is 0 Å². The summed E-state index contributed by atoms with van der Waals surface area (Å²) < 4.78 is 13.7. The van der Waals surface area contributed by atoms with Crippen molar-refractivity contribution in [2.24, 2.45) is 0 Å². The van der Waals surface area contributed by atoms with Crippen LogP contribution < -0.4 is 9.47 Å². The maximum Gasteiger partial charge on any atom is 0.352 e. The van der Waals surface area contributed by atoms with Crippen LogP contribution in [0.2, 0.25) is 0 Å². The van der Waals surface area contributed by atoms with Crippen molar-refractivity contribution in [2.75, 3.05) is 45.9 Å². The summed E-state index contributed by atoms with van der Waals surface area (Å²) in [6.07, 6.45) is 7.51. The Balaban J connectivity index is 1.16. The molecule has 9 heteroatoms. The van der Waals surface area contributed by atoms with Gasteiger partial charge in [-0.05, 0) is 37.1 Å². The molecule has 9 nitrogen and oxygen atoms in total. The standard InChI is InChI=1S/C26H33N5O4/c32-31(33)26-24(9-6-10-25(26)35-21-23-7-2-1-3-8-23)34-20-5-4-12-28-14-16-29(17-15-28)18-19-30-13-11-27-22-30/h1-3,6-11,13,22H,4-5,12,14-21H2. The fourth-order valence-corrected chi connectivity index (χ4v) is 4.18.